The minimum atomic E-state index is -0.525. The van der Waals surface area contributed by atoms with Gasteiger partial charge in [-0.15, -0.1) is 0 Å². The molecule has 0 aromatic heterocycles. The molecule has 0 aliphatic rings. The summed E-state index contributed by atoms with van der Waals surface area (Å²) < 4.78 is 16.0. The molecule has 3 rings (SSSR count). The minimum absolute atomic E-state index is 0.0632. The third-order valence-corrected chi connectivity index (χ3v) is 8.06. The highest BCUT2D eigenvalue weighted by Crippen LogP contribution is 2.35. The van der Waals surface area contributed by atoms with Crippen LogP contribution >= 0.6 is 23.5 Å². The number of allylic oxidation sites excluding steroid dienone is 2. The Morgan fingerprint density at radius 3 is 2.38 bits per heavy atom. The molecule has 7 heteroatoms. The van der Waals surface area contributed by atoms with Crippen molar-refractivity contribution in [1.82, 2.24) is 9.62 Å². The van der Waals surface area contributed by atoms with Crippen molar-refractivity contribution in [3.05, 3.63) is 101 Å². The predicted molar refractivity (Wildman–Crippen MR) is 178 cm³/mol. The van der Waals surface area contributed by atoms with E-state index in [1.165, 1.54) is 29.6 Å². The van der Waals surface area contributed by atoms with Crippen LogP contribution in [0.3, 0.4) is 0 Å². The quantitative estimate of drug-likeness (QED) is 0.102. The molecule has 0 aliphatic carbocycles. The number of aldehydes is 1. The SMILES string of the molecule is C/C=C\C.CN(CC(O)CNC(C)(C)CCCc1ccccc1)Sc1ccc(-c2cc(F)ccc2CCC=O)c(Cl)c1. The fourth-order valence-corrected chi connectivity index (χ4v) is 5.70. The van der Waals surface area contributed by atoms with Crippen LogP contribution in [0, 0.1) is 5.82 Å². The lowest BCUT2D eigenvalue weighted by Crippen LogP contribution is -2.45. The fraction of sp³-hybridized carbons (Fsp3) is 0.400. The van der Waals surface area contributed by atoms with Crippen molar-refractivity contribution >= 4 is 29.8 Å². The topological polar surface area (TPSA) is 52.6 Å². The molecule has 0 fully saturated rings. The van der Waals surface area contributed by atoms with Gasteiger partial charge in [0.25, 0.3) is 0 Å². The van der Waals surface area contributed by atoms with Crippen LogP contribution in [0.25, 0.3) is 11.1 Å². The number of aliphatic hydroxyl groups excluding tert-OH is 1. The van der Waals surface area contributed by atoms with Crippen molar-refractivity contribution < 1.29 is 14.3 Å². The number of nitrogens with one attached hydrogen (secondary N) is 1. The molecule has 0 amide bonds. The first kappa shape index (κ1) is 35.7. The van der Waals surface area contributed by atoms with Crippen molar-refractivity contribution in [2.75, 3.05) is 20.1 Å². The van der Waals surface area contributed by atoms with E-state index in [4.69, 9.17) is 11.6 Å². The number of benzene rings is 3. The van der Waals surface area contributed by atoms with Gasteiger partial charge in [0.2, 0.25) is 0 Å². The van der Waals surface area contributed by atoms with Crippen LogP contribution in [0.2, 0.25) is 5.02 Å². The van der Waals surface area contributed by atoms with E-state index >= 15 is 0 Å². The molecule has 4 nitrogen and oxygen atoms in total. The summed E-state index contributed by atoms with van der Waals surface area (Å²) in [5.74, 6) is -0.342. The molecule has 2 N–H and O–H groups in total. The van der Waals surface area contributed by atoms with Gasteiger partial charge in [-0.05, 0) is 113 Å². The second kappa shape index (κ2) is 18.9. The molecular formula is C35H46ClFN2O2S. The first-order chi connectivity index (χ1) is 20.1. The number of hydrogen-bond donors (Lipinski definition) is 2. The molecule has 0 radical (unpaired) electrons. The van der Waals surface area contributed by atoms with Gasteiger partial charge < -0.3 is 15.2 Å². The lowest BCUT2D eigenvalue weighted by atomic mass is 9.95. The highest BCUT2D eigenvalue weighted by molar-refractivity contribution is 7.97. The highest BCUT2D eigenvalue weighted by Gasteiger charge is 2.19. The van der Waals surface area contributed by atoms with Crippen molar-refractivity contribution in [1.29, 1.82) is 0 Å². The van der Waals surface area contributed by atoms with Crippen LogP contribution in [0.5, 0.6) is 0 Å². The first-order valence-electron chi connectivity index (χ1n) is 14.5. The van der Waals surface area contributed by atoms with Crippen LogP contribution in [-0.4, -0.2) is 47.5 Å². The molecule has 42 heavy (non-hydrogen) atoms. The number of nitrogens with zero attached hydrogens (tertiary/aromatic N) is 1. The lowest BCUT2D eigenvalue weighted by molar-refractivity contribution is -0.107. The number of aliphatic hydroxyl groups is 1. The maximum Gasteiger partial charge on any atom is 0.123 e. The second-order valence-corrected chi connectivity index (χ2v) is 12.7. The molecule has 1 atom stereocenters. The molecule has 0 saturated carbocycles. The average Bonchev–Trinajstić information content (AvgIpc) is 2.96. The van der Waals surface area contributed by atoms with Crippen LogP contribution in [0.4, 0.5) is 4.39 Å². The van der Waals surface area contributed by atoms with E-state index < -0.39 is 6.10 Å². The Labute approximate surface area is 261 Å². The second-order valence-electron chi connectivity index (χ2n) is 11.0. The van der Waals surface area contributed by atoms with Crippen molar-refractivity contribution in [3.63, 3.8) is 0 Å². The number of likely N-dealkylation sites (N-methyl/N-ethyl adjacent to an activating group) is 1. The van der Waals surface area contributed by atoms with Crippen molar-refractivity contribution in [2.45, 2.75) is 76.3 Å². The molecule has 1 unspecified atom stereocenters. The number of halogens is 2. The van der Waals surface area contributed by atoms with E-state index in [2.05, 4.69) is 43.4 Å². The van der Waals surface area contributed by atoms with Gasteiger partial charge in [0.1, 0.15) is 12.1 Å². The summed E-state index contributed by atoms with van der Waals surface area (Å²) in [7, 11) is 1.94. The largest absolute Gasteiger partial charge is 0.390 e. The summed E-state index contributed by atoms with van der Waals surface area (Å²) >= 11 is 8.11. The van der Waals surface area contributed by atoms with E-state index in [0.29, 0.717) is 36.5 Å². The summed E-state index contributed by atoms with van der Waals surface area (Å²) in [4.78, 5) is 11.8. The van der Waals surface area contributed by atoms with E-state index in [-0.39, 0.29) is 11.4 Å². The number of carbonyl (C=O) groups is 1. The monoisotopic (exact) mass is 612 g/mol. The van der Waals surface area contributed by atoms with E-state index in [1.807, 2.05) is 61.6 Å². The summed E-state index contributed by atoms with van der Waals surface area (Å²) in [6.45, 7) is 9.34. The Bertz CT molecular complexity index is 1250. The number of β-amino-alcohol motifs (C(OH)–C–C–N with tert-alkyl or cyclic N) is 1. The number of hydrogen-bond acceptors (Lipinski definition) is 5. The molecule has 0 saturated heterocycles. The van der Waals surface area contributed by atoms with Crippen LogP contribution in [0.1, 0.15) is 58.1 Å². The number of rotatable bonds is 15. The maximum atomic E-state index is 14.0. The van der Waals surface area contributed by atoms with Crippen LogP contribution in [-0.2, 0) is 17.6 Å². The molecule has 3 aromatic rings. The smallest absolute Gasteiger partial charge is 0.123 e. The molecule has 0 aliphatic heterocycles. The summed E-state index contributed by atoms with van der Waals surface area (Å²) in [6.07, 6.45) is 8.40. The van der Waals surface area contributed by atoms with Gasteiger partial charge >= 0.3 is 0 Å². The fourth-order valence-electron chi connectivity index (χ4n) is 4.44. The zero-order chi connectivity index (χ0) is 31.0. The molecule has 0 bridgehead atoms. The van der Waals surface area contributed by atoms with Crippen LogP contribution in [0.15, 0.2) is 83.8 Å². The Morgan fingerprint density at radius 1 is 1.02 bits per heavy atom. The summed E-state index contributed by atoms with van der Waals surface area (Å²) in [5.41, 5.74) is 3.61. The standard InChI is InChI=1S/C31H38ClFN2O2S.C4H8/c1-31(2,17-7-11-23-9-5-4-6-10-23)34-21-26(37)22-35(3)38-27-15-16-28(30(32)20-27)29-19-25(33)14-13-24(29)12-8-18-36;1-3-4-2/h4-6,9-10,13-16,18-20,26,34,37H,7-8,11-12,17,21-22H2,1-3H3;3-4H,1-2H3/b;4-3-. The average molecular weight is 613 g/mol. The third kappa shape index (κ3) is 13.2. The van der Waals surface area contributed by atoms with Gasteiger partial charge in [-0.1, -0.05) is 66.2 Å². The Balaban J connectivity index is 0.00000144. The Kier molecular flexibility index (Phi) is 16.1. The normalized spacial score (nSPS) is 12.3. The molecule has 228 valence electrons. The molecule has 3 aromatic carbocycles. The minimum Gasteiger partial charge on any atom is -0.390 e. The van der Waals surface area contributed by atoms with Gasteiger partial charge in [-0.3, -0.25) is 0 Å². The van der Waals surface area contributed by atoms with Gasteiger partial charge in [-0.25, -0.2) is 8.70 Å². The van der Waals surface area contributed by atoms with Gasteiger partial charge in [0.15, 0.2) is 0 Å². The molecule has 0 heterocycles. The van der Waals surface area contributed by atoms with Crippen molar-refractivity contribution in [2.24, 2.45) is 0 Å². The lowest BCUT2D eigenvalue weighted by Gasteiger charge is -2.29. The van der Waals surface area contributed by atoms with Gasteiger partial charge in [-0.2, -0.15) is 0 Å². The van der Waals surface area contributed by atoms with Crippen molar-refractivity contribution in [3.8, 4) is 11.1 Å². The Morgan fingerprint density at radius 2 is 1.74 bits per heavy atom. The summed E-state index contributed by atoms with van der Waals surface area (Å²) in [5, 5.41) is 14.7. The van der Waals surface area contributed by atoms with Gasteiger partial charge in [0.05, 0.1) is 6.10 Å². The molecule has 0 spiro atoms. The first-order valence-corrected chi connectivity index (χ1v) is 15.7. The van der Waals surface area contributed by atoms with E-state index in [1.54, 1.807) is 6.07 Å². The number of carbonyl (C=O) groups excluding carboxylic acids is 1. The third-order valence-electron chi connectivity index (χ3n) is 6.82. The maximum absolute atomic E-state index is 14.0. The molecular weight excluding hydrogens is 567 g/mol. The Hall–Kier alpha value is -2.48. The van der Waals surface area contributed by atoms with E-state index in [9.17, 15) is 14.3 Å². The van der Waals surface area contributed by atoms with E-state index in [0.717, 1.165) is 41.6 Å². The van der Waals surface area contributed by atoms with Gasteiger partial charge in [0, 0.05) is 40.5 Å². The zero-order valence-corrected chi connectivity index (χ0v) is 27.1. The zero-order valence-electron chi connectivity index (χ0n) is 25.6. The highest BCUT2D eigenvalue weighted by atomic mass is 35.5. The predicted octanol–water partition coefficient (Wildman–Crippen LogP) is 8.55. The number of aryl methyl sites for hydroxylation is 2. The van der Waals surface area contributed by atoms with Crippen LogP contribution < -0.4 is 5.32 Å². The summed E-state index contributed by atoms with van der Waals surface area (Å²) in [6, 6.07) is 20.8.